The maximum Gasteiger partial charge on any atom is 0.292 e. The average molecular weight is 369 g/mol. The van der Waals surface area contributed by atoms with Gasteiger partial charge in [0.1, 0.15) is 11.5 Å². The first-order chi connectivity index (χ1) is 13.0. The third-order valence-electron chi connectivity index (χ3n) is 7.14. The third kappa shape index (κ3) is 2.39. The molecule has 0 N–H and O–H groups in total. The van der Waals surface area contributed by atoms with E-state index in [1.807, 2.05) is 4.90 Å². The van der Waals surface area contributed by atoms with Gasteiger partial charge in [0.15, 0.2) is 0 Å². The molecule has 3 aliphatic rings. The Labute approximate surface area is 158 Å². The van der Waals surface area contributed by atoms with Crippen LogP contribution >= 0.6 is 0 Å². The SMILES string of the molecule is CN1[C@@H]2CN(C(=O)c3cc(-c4ccccc4F)no3)[C@@H]3CCC[C@H]1[C@]3(C)C2. The van der Waals surface area contributed by atoms with Crippen LogP contribution in [0.2, 0.25) is 0 Å². The number of fused-ring (bicyclic) bond motifs is 1. The number of hydrogen-bond donors (Lipinski definition) is 0. The third-order valence-corrected chi connectivity index (χ3v) is 7.14. The monoisotopic (exact) mass is 369 g/mol. The molecule has 2 aromatic rings. The van der Waals surface area contributed by atoms with E-state index in [9.17, 15) is 9.18 Å². The smallest absolute Gasteiger partial charge is 0.292 e. The molecule has 142 valence electrons. The molecule has 2 bridgehead atoms. The van der Waals surface area contributed by atoms with Crippen LogP contribution < -0.4 is 0 Å². The number of nitrogens with zero attached hydrogens (tertiary/aromatic N) is 3. The first-order valence-corrected chi connectivity index (χ1v) is 9.73. The molecule has 1 amide bonds. The summed E-state index contributed by atoms with van der Waals surface area (Å²) in [4.78, 5) is 17.7. The van der Waals surface area contributed by atoms with Crippen LogP contribution in [0.1, 0.15) is 43.2 Å². The Morgan fingerprint density at radius 3 is 2.89 bits per heavy atom. The number of hydrogen-bond acceptors (Lipinski definition) is 4. The predicted molar refractivity (Wildman–Crippen MR) is 98.6 cm³/mol. The summed E-state index contributed by atoms with van der Waals surface area (Å²) in [6.07, 6.45) is 4.54. The maximum atomic E-state index is 14.0. The van der Waals surface area contributed by atoms with Crippen molar-refractivity contribution in [2.24, 2.45) is 5.41 Å². The lowest BCUT2D eigenvalue weighted by molar-refractivity contribution is 0.00920. The van der Waals surface area contributed by atoms with Crippen LogP contribution in [0.5, 0.6) is 0 Å². The Balaban J connectivity index is 1.46. The summed E-state index contributed by atoms with van der Waals surface area (Å²) in [7, 11) is 2.20. The number of rotatable bonds is 2. The van der Waals surface area contributed by atoms with Crippen molar-refractivity contribution in [1.82, 2.24) is 15.0 Å². The van der Waals surface area contributed by atoms with Crippen LogP contribution in [0, 0.1) is 11.2 Å². The van der Waals surface area contributed by atoms with Crippen molar-refractivity contribution in [1.29, 1.82) is 0 Å². The van der Waals surface area contributed by atoms with Gasteiger partial charge in [0.2, 0.25) is 5.76 Å². The number of carbonyl (C=O) groups excluding carboxylic acids is 1. The minimum atomic E-state index is -0.370. The highest BCUT2D eigenvalue weighted by molar-refractivity contribution is 5.93. The molecule has 6 heteroatoms. The second-order valence-electron chi connectivity index (χ2n) is 8.51. The van der Waals surface area contributed by atoms with Crippen molar-refractivity contribution < 1.29 is 13.7 Å². The fourth-order valence-corrected chi connectivity index (χ4v) is 5.83. The lowest BCUT2D eigenvalue weighted by Crippen LogP contribution is -2.57. The number of benzene rings is 1. The molecule has 3 fully saturated rings. The van der Waals surface area contributed by atoms with Crippen molar-refractivity contribution in [3.8, 4) is 11.3 Å². The Hall–Kier alpha value is -2.21. The average Bonchev–Trinajstić information content (AvgIpc) is 3.23. The highest BCUT2D eigenvalue weighted by atomic mass is 19.1. The summed E-state index contributed by atoms with van der Waals surface area (Å²) in [5.74, 6) is -0.296. The molecule has 2 saturated heterocycles. The standard InChI is InChI=1S/C21H24FN3O2/c1-21-11-13-12-25(19(21)9-5-8-18(21)24(13)2)20(26)17-10-16(23-27-17)14-6-3-4-7-15(14)22/h3-4,6-7,10,13,18-19H,5,8-9,11-12H2,1-2H3/t13-,18-,19+,21-/m0/s1. The van der Waals surface area contributed by atoms with Gasteiger partial charge < -0.3 is 9.42 Å². The normalized spacial score (nSPS) is 32.7. The summed E-state index contributed by atoms with van der Waals surface area (Å²) in [6.45, 7) is 3.06. The second kappa shape index (κ2) is 5.89. The highest BCUT2D eigenvalue weighted by Gasteiger charge is 2.59. The molecule has 5 nitrogen and oxygen atoms in total. The molecule has 0 unspecified atom stereocenters. The summed E-state index contributed by atoms with van der Waals surface area (Å²) in [5.41, 5.74) is 0.852. The quantitative estimate of drug-likeness (QED) is 0.812. The van der Waals surface area contributed by atoms with Crippen LogP contribution in [0.15, 0.2) is 34.9 Å². The van der Waals surface area contributed by atoms with Crippen LogP contribution in [0.4, 0.5) is 4.39 Å². The van der Waals surface area contributed by atoms with Gasteiger partial charge in [-0.2, -0.15) is 0 Å². The van der Waals surface area contributed by atoms with Gasteiger partial charge in [-0.3, -0.25) is 9.69 Å². The van der Waals surface area contributed by atoms with E-state index in [1.165, 1.54) is 12.5 Å². The van der Waals surface area contributed by atoms with Crippen LogP contribution in [0.3, 0.4) is 0 Å². The van der Waals surface area contributed by atoms with Gasteiger partial charge in [-0.1, -0.05) is 24.2 Å². The Kier molecular flexibility index (Phi) is 3.69. The Morgan fingerprint density at radius 2 is 2.07 bits per heavy atom. The lowest BCUT2D eigenvalue weighted by Gasteiger charge is -2.50. The van der Waals surface area contributed by atoms with Crippen molar-refractivity contribution >= 4 is 5.91 Å². The molecule has 0 spiro atoms. The van der Waals surface area contributed by atoms with Crippen molar-refractivity contribution in [3.05, 3.63) is 41.9 Å². The van der Waals surface area contributed by atoms with E-state index in [2.05, 4.69) is 24.0 Å². The van der Waals surface area contributed by atoms with Gasteiger partial charge in [-0.25, -0.2) is 4.39 Å². The predicted octanol–water partition coefficient (Wildman–Crippen LogP) is 3.57. The van der Waals surface area contributed by atoms with Crippen LogP contribution in [0.25, 0.3) is 11.3 Å². The minimum Gasteiger partial charge on any atom is -0.350 e. The lowest BCUT2D eigenvalue weighted by atomic mass is 9.66. The van der Waals surface area contributed by atoms with E-state index >= 15 is 0 Å². The first kappa shape index (κ1) is 16.9. The fraction of sp³-hybridized carbons (Fsp3) is 0.524. The summed E-state index contributed by atoms with van der Waals surface area (Å²) in [6, 6.07) is 9.14. The van der Waals surface area contributed by atoms with E-state index in [-0.39, 0.29) is 28.9 Å². The zero-order valence-corrected chi connectivity index (χ0v) is 15.7. The topological polar surface area (TPSA) is 49.6 Å². The molecule has 5 rings (SSSR count). The van der Waals surface area contributed by atoms with E-state index in [4.69, 9.17) is 4.52 Å². The number of likely N-dealkylation sites (N-methyl/N-ethyl adjacent to an activating group) is 1. The molecular weight excluding hydrogens is 345 g/mol. The van der Waals surface area contributed by atoms with Gasteiger partial charge in [0.05, 0.1) is 0 Å². The van der Waals surface area contributed by atoms with E-state index in [1.54, 1.807) is 24.3 Å². The molecule has 3 heterocycles. The molecule has 1 aliphatic carbocycles. The largest absolute Gasteiger partial charge is 0.350 e. The zero-order chi connectivity index (χ0) is 18.8. The molecule has 2 aliphatic heterocycles. The van der Waals surface area contributed by atoms with E-state index in [0.29, 0.717) is 23.3 Å². The molecule has 4 atom stereocenters. The number of piperidine rings is 1. The summed E-state index contributed by atoms with van der Waals surface area (Å²) in [5, 5.41) is 3.96. The van der Waals surface area contributed by atoms with E-state index < -0.39 is 0 Å². The molecular formula is C21H24FN3O2. The summed E-state index contributed by atoms with van der Waals surface area (Å²) < 4.78 is 19.4. The van der Waals surface area contributed by atoms with Gasteiger partial charge in [-0.05, 0) is 44.9 Å². The van der Waals surface area contributed by atoms with Gasteiger partial charge in [0.25, 0.3) is 5.91 Å². The van der Waals surface area contributed by atoms with Crippen LogP contribution in [-0.2, 0) is 0 Å². The zero-order valence-electron chi connectivity index (χ0n) is 15.7. The highest BCUT2D eigenvalue weighted by Crippen LogP contribution is 2.53. The minimum absolute atomic E-state index is 0.123. The Bertz CT molecular complexity index is 897. The van der Waals surface area contributed by atoms with Crippen molar-refractivity contribution in [3.63, 3.8) is 0 Å². The Morgan fingerprint density at radius 1 is 1.30 bits per heavy atom. The van der Waals surface area contributed by atoms with Crippen LogP contribution in [-0.4, -0.2) is 52.6 Å². The molecule has 0 radical (unpaired) electrons. The summed E-state index contributed by atoms with van der Waals surface area (Å²) >= 11 is 0. The molecule has 1 saturated carbocycles. The van der Waals surface area contributed by atoms with Crippen molar-refractivity contribution in [2.75, 3.05) is 13.6 Å². The molecule has 27 heavy (non-hydrogen) atoms. The van der Waals surface area contributed by atoms with E-state index in [0.717, 1.165) is 25.8 Å². The second-order valence-corrected chi connectivity index (χ2v) is 8.51. The number of likely N-dealkylation sites (tertiary alicyclic amines) is 2. The number of carbonyl (C=O) groups is 1. The number of amides is 1. The fourth-order valence-electron chi connectivity index (χ4n) is 5.83. The van der Waals surface area contributed by atoms with Gasteiger partial charge in [0, 0.05) is 41.7 Å². The molecule has 1 aromatic carbocycles. The number of aromatic nitrogens is 1. The first-order valence-electron chi connectivity index (χ1n) is 9.73. The number of halogens is 1. The maximum absolute atomic E-state index is 14.0. The molecule has 1 aromatic heterocycles. The van der Waals surface area contributed by atoms with Crippen molar-refractivity contribution in [2.45, 2.75) is 50.7 Å². The van der Waals surface area contributed by atoms with Gasteiger partial charge in [-0.15, -0.1) is 0 Å². The van der Waals surface area contributed by atoms with Gasteiger partial charge >= 0.3 is 0 Å².